The standard InChI is InChI=1S/C17H14F3N7O/c18-17(19,20)10-1-2-13(21-6-10)16(28)27-11-5-12(27)8-25(7-11)15-4-3-14-23-22-9-26(14)24-15/h1-4,6,9,11-12H,5,7-8H2. The maximum absolute atomic E-state index is 12.7. The first-order valence-electron chi connectivity index (χ1n) is 8.68. The van der Waals surface area contributed by atoms with Crippen LogP contribution in [0.25, 0.3) is 5.65 Å². The third-order valence-corrected chi connectivity index (χ3v) is 5.21. The van der Waals surface area contributed by atoms with Crippen molar-refractivity contribution in [3.05, 3.63) is 48.0 Å². The Kier molecular flexibility index (Phi) is 3.55. The minimum Gasteiger partial charge on any atom is -0.351 e. The summed E-state index contributed by atoms with van der Waals surface area (Å²) in [5.41, 5.74) is -0.189. The summed E-state index contributed by atoms with van der Waals surface area (Å²) in [6, 6.07) is 5.67. The molecule has 8 nitrogen and oxygen atoms in total. The van der Waals surface area contributed by atoms with Gasteiger partial charge in [0.2, 0.25) is 0 Å². The Bertz CT molecular complexity index is 1040. The van der Waals surface area contributed by atoms with E-state index in [1.165, 1.54) is 6.33 Å². The Morgan fingerprint density at radius 1 is 1.11 bits per heavy atom. The minimum absolute atomic E-state index is 0.0197. The highest BCUT2D eigenvalue weighted by Gasteiger charge is 2.48. The van der Waals surface area contributed by atoms with Crippen molar-refractivity contribution in [3.63, 3.8) is 0 Å². The van der Waals surface area contributed by atoms with Gasteiger partial charge in [0.15, 0.2) is 5.65 Å². The number of amides is 1. The number of rotatable bonds is 2. The number of hydrogen-bond acceptors (Lipinski definition) is 6. The summed E-state index contributed by atoms with van der Waals surface area (Å²) >= 11 is 0. The Labute approximate surface area is 156 Å². The van der Waals surface area contributed by atoms with Gasteiger partial charge in [0.05, 0.1) is 17.6 Å². The van der Waals surface area contributed by atoms with Crippen LogP contribution in [0.4, 0.5) is 19.0 Å². The van der Waals surface area contributed by atoms with Gasteiger partial charge in [-0.1, -0.05) is 0 Å². The Morgan fingerprint density at radius 2 is 1.89 bits per heavy atom. The van der Waals surface area contributed by atoms with Gasteiger partial charge in [-0.15, -0.1) is 15.3 Å². The van der Waals surface area contributed by atoms with Crippen LogP contribution in [0.2, 0.25) is 0 Å². The van der Waals surface area contributed by atoms with Crippen molar-refractivity contribution < 1.29 is 18.0 Å². The fourth-order valence-corrected chi connectivity index (χ4v) is 3.84. The fourth-order valence-electron chi connectivity index (χ4n) is 3.84. The lowest BCUT2D eigenvalue weighted by molar-refractivity contribution is -0.137. The zero-order valence-electron chi connectivity index (χ0n) is 14.4. The number of nitrogens with zero attached hydrogens (tertiary/aromatic N) is 7. The first kappa shape index (κ1) is 16.9. The number of aromatic nitrogens is 5. The monoisotopic (exact) mass is 389 g/mol. The molecule has 2 atom stereocenters. The molecule has 1 amide bonds. The molecular formula is C17H14F3N7O. The molecule has 3 aliphatic heterocycles. The topological polar surface area (TPSA) is 79.5 Å². The second-order valence-electron chi connectivity index (χ2n) is 6.92. The highest BCUT2D eigenvalue weighted by molar-refractivity contribution is 5.93. The molecule has 3 aliphatic rings. The number of hydrogen-bond donors (Lipinski definition) is 0. The fraction of sp³-hybridized carbons (Fsp3) is 0.353. The molecule has 28 heavy (non-hydrogen) atoms. The van der Waals surface area contributed by atoms with Crippen LogP contribution in [-0.4, -0.2) is 60.8 Å². The smallest absolute Gasteiger partial charge is 0.351 e. The first-order valence-corrected chi connectivity index (χ1v) is 8.68. The third kappa shape index (κ3) is 2.65. The van der Waals surface area contributed by atoms with E-state index in [0.717, 1.165) is 24.4 Å². The van der Waals surface area contributed by atoms with E-state index in [4.69, 9.17) is 0 Å². The minimum atomic E-state index is -4.47. The SMILES string of the molecule is O=C(c1ccc(C(F)(F)F)cn1)N1C2CC1CN(c1ccc3nncn3n1)C2. The van der Waals surface area contributed by atoms with Crippen LogP contribution in [-0.2, 0) is 6.18 Å². The molecule has 0 saturated carbocycles. The van der Waals surface area contributed by atoms with E-state index >= 15 is 0 Å². The summed E-state index contributed by atoms with van der Waals surface area (Å²) in [5, 5.41) is 12.2. The molecule has 3 aromatic rings. The lowest BCUT2D eigenvalue weighted by atomic mass is 9.87. The highest BCUT2D eigenvalue weighted by atomic mass is 19.4. The van der Waals surface area contributed by atoms with Gasteiger partial charge in [-0.3, -0.25) is 9.78 Å². The van der Waals surface area contributed by atoms with Crippen LogP contribution < -0.4 is 4.90 Å². The summed E-state index contributed by atoms with van der Waals surface area (Å²) in [6.45, 7) is 1.20. The van der Waals surface area contributed by atoms with E-state index in [9.17, 15) is 18.0 Å². The largest absolute Gasteiger partial charge is 0.417 e. The molecular weight excluding hydrogens is 375 g/mol. The third-order valence-electron chi connectivity index (χ3n) is 5.21. The number of pyridine rings is 1. The van der Waals surface area contributed by atoms with Crippen molar-refractivity contribution in [2.75, 3.05) is 18.0 Å². The van der Waals surface area contributed by atoms with E-state index in [1.54, 1.807) is 9.42 Å². The Hall–Kier alpha value is -3.24. The van der Waals surface area contributed by atoms with E-state index in [-0.39, 0.29) is 23.7 Å². The van der Waals surface area contributed by atoms with Gasteiger partial charge in [-0.2, -0.15) is 17.7 Å². The van der Waals surface area contributed by atoms with Gasteiger partial charge in [-0.25, -0.2) is 0 Å². The zero-order valence-corrected chi connectivity index (χ0v) is 14.4. The highest BCUT2D eigenvalue weighted by Crippen LogP contribution is 2.35. The maximum atomic E-state index is 12.7. The van der Waals surface area contributed by atoms with Gasteiger partial charge in [0.25, 0.3) is 5.91 Å². The summed E-state index contributed by atoms with van der Waals surface area (Å²) in [6.07, 6.45) is -1.39. The van der Waals surface area contributed by atoms with Crippen molar-refractivity contribution in [2.45, 2.75) is 24.7 Å². The number of halogens is 3. The number of anilines is 1. The molecule has 2 bridgehead atoms. The Balaban J connectivity index is 1.31. The molecule has 0 radical (unpaired) electrons. The number of piperidine rings is 1. The lowest BCUT2D eigenvalue weighted by Crippen LogP contribution is -2.70. The average molecular weight is 389 g/mol. The molecule has 6 rings (SSSR count). The van der Waals surface area contributed by atoms with E-state index in [0.29, 0.717) is 24.9 Å². The number of fused-ring (bicyclic) bond motifs is 3. The molecule has 0 N–H and O–H groups in total. The molecule has 6 heterocycles. The lowest BCUT2D eigenvalue weighted by Gasteiger charge is -2.56. The molecule has 0 spiro atoms. The van der Waals surface area contributed by atoms with Crippen LogP contribution in [0.1, 0.15) is 22.5 Å². The van der Waals surface area contributed by atoms with Crippen molar-refractivity contribution in [2.24, 2.45) is 0 Å². The van der Waals surface area contributed by atoms with E-state index in [2.05, 4.69) is 25.2 Å². The summed E-state index contributed by atoms with van der Waals surface area (Å²) < 4.78 is 39.6. The quantitative estimate of drug-likeness (QED) is 0.663. The van der Waals surface area contributed by atoms with Crippen molar-refractivity contribution in [1.82, 2.24) is 29.7 Å². The van der Waals surface area contributed by atoms with Crippen LogP contribution >= 0.6 is 0 Å². The van der Waals surface area contributed by atoms with Gasteiger partial charge >= 0.3 is 6.18 Å². The van der Waals surface area contributed by atoms with Crippen LogP contribution in [0.5, 0.6) is 0 Å². The van der Waals surface area contributed by atoms with Crippen LogP contribution in [0.3, 0.4) is 0 Å². The second-order valence-corrected chi connectivity index (χ2v) is 6.92. The predicted molar refractivity (Wildman–Crippen MR) is 90.6 cm³/mol. The number of alkyl halides is 3. The van der Waals surface area contributed by atoms with E-state index in [1.807, 2.05) is 12.1 Å². The van der Waals surface area contributed by atoms with Gasteiger partial charge in [-0.05, 0) is 30.7 Å². The molecule has 11 heteroatoms. The molecule has 3 aromatic heterocycles. The zero-order chi connectivity index (χ0) is 19.5. The molecule has 144 valence electrons. The van der Waals surface area contributed by atoms with Crippen molar-refractivity contribution >= 4 is 17.4 Å². The second kappa shape index (κ2) is 5.88. The van der Waals surface area contributed by atoms with Gasteiger partial charge in [0, 0.05) is 19.3 Å². The molecule has 0 aromatic carbocycles. The molecule has 2 unspecified atom stereocenters. The molecule has 3 fully saturated rings. The number of piperazine rings is 1. The summed E-state index contributed by atoms with van der Waals surface area (Å²) in [4.78, 5) is 20.2. The Morgan fingerprint density at radius 3 is 2.57 bits per heavy atom. The first-order chi connectivity index (χ1) is 13.4. The van der Waals surface area contributed by atoms with Crippen molar-refractivity contribution in [1.29, 1.82) is 0 Å². The van der Waals surface area contributed by atoms with Crippen LogP contribution in [0.15, 0.2) is 36.8 Å². The summed E-state index contributed by atoms with van der Waals surface area (Å²) in [5.74, 6) is 0.429. The van der Waals surface area contributed by atoms with Crippen molar-refractivity contribution in [3.8, 4) is 0 Å². The maximum Gasteiger partial charge on any atom is 0.417 e. The average Bonchev–Trinajstić information content (AvgIpc) is 3.15. The predicted octanol–water partition coefficient (Wildman–Crippen LogP) is 1.64. The van der Waals surface area contributed by atoms with E-state index < -0.39 is 11.7 Å². The van der Waals surface area contributed by atoms with Gasteiger partial charge in [0.1, 0.15) is 17.8 Å². The normalized spacial score (nSPS) is 21.7. The van der Waals surface area contributed by atoms with Crippen LogP contribution in [0, 0.1) is 0 Å². The number of carbonyl (C=O) groups excluding carboxylic acids is 1. The van der Waals surface area contributed by atoms with Gasteiger partial charge < -0.3 is 9.80 Å². The summed E-state index contributed by atoms with van der Waals surface area (Å²) in [7, 11) is 0. The molecule has 3 saturated heterocycles. The molecule has 0 aliphatic carbocycles. The number of carbonyl (C=O) groups is 1.